The predicted octanol–water partition coefficient (Wildman–Crippen LogP) is 3.58. The van der Waals surface area contributed by atoms with Crippen molar-refractivity contribution in [3.8, 4) is 0 Å². The lowest BCUT2D eigenvalue weighted by Crippen LogP contribution is -2.19. The Morgan fingerprint density at radius 2 is 2.04 bits per heavy atom. The molecular weight excluding hydrogens is 352 g/mol. The second-order valence-corrected chi connectivity index (χ2v) is 8.17. The number of thioether (sulfide) groups is 1. The van der Waals surface area contributed by atoms with Gasteiger partial charge in [-0.1, -0.05) is 48.2 Å². The van der Waals surface area contributed by atoms with Crippen LogP contribution in [0.5, 0.6) is 0 Å². The molecule has 7 heteroatoms. The van der Waals surface area contributed by atoms with Gasteiger partial charge in [-0.05, 0) is 29.9 Å². The third-order valence-electron chi connectivity index (χ3n) is 4.14. The van der Waals surface area contributed by atoms with E-state index in [0.29, 0.717) is 6.04 Å². The third kappa shape index (κ3) is 3.62. The van der Waals surface area contributed by atoms with Gasteiger partial charge in [-0.15, -0.1) is 21.5 Å². The maximum atomic E-state index is 12.0. The highest BCUT2D eigenvalue weighted by Gasteiger charge is 2.32. The summed E-state index contributed by atoms with van der Waals surface area (Å²) in [7, 11) is 0. The van der Waals surface area contributed by atoms with Crippen molar-refractivity contribution >= 4 is 29.0 Å². The Bertz CT molecular complexity index is 857. The van der Waals surface area contributed by atoms with Crippen LogP contribution in [0, 0.1) is 0 Å². The van der Waals surface area contributed by atoms with Crippen LogP contribution in [0.4, 0.5) is 0 Å². The molecule has 1 aliphatic rings. The zero-order chi connectivity index (χ0) is 17.2. The first-order chi connectivity index (χ1) is 12.2. The Morgan fingerprint density at radius 1 is 1.24 bits per heavy atom. The number of aromatic nitrogens is 3. The number of thiophene rings is 1. The molecule has 3 aromatic rings. The van der Waals surface area contributed by atoms with E-state index in [1.807, 2.05) is 36.4 Å². The summed E-state index contributed by atoms with van der Waals surface area (Å²) in [6.07, 6.45) is 3.04. The summed E-state index contributed by atoms with van der Waals surface area (Å²) in [5, 5.41) is 11.2. The van der Waals surface area contributed by atoms with Crippen LogP contribution in [0.2, 0.25) is 0 Å². The van der Waals surface area contributed by atoms with Gasteiger partial charge in [0.05, 0.1) is 0 Å². The van der Waals surface area contributed by atoms with Crippen LogP contribution < -0.4 is 5.73 Å². The van der Waals surface area contributed by atoms with Gasteiger partial charge in [-0.2, -0.15) is 0 Å². The van der Waals surface area contributed by atoms with E-state index < -0.39 is 5.25 Å². The lowest BCUT2D eigenvalue weighted by atomic mass is 10.1. The molecule has 1 saturated carbocycles. The minimum absolute atomic E-state index is 0.360. The average molecular weight is 371 g/mol. The molecule has 1 aliphatic carbocycles. The topological polar surface area (TPSA) is 73.8 Å². The minimum atomic E-state index is -0.461. The van der Waals surface area contributed by atoms with Crippen molar-refractivity contribution in [3.63, 3.8) is 0 Å². The second-order valence-electron chi connectivity index (χ2n) is 6.07. The number of amides is 1. The first-order valence-electron chi connectivity index (χ1n) is 8.19. The van der Waals surface area contributed by atoms with E-state index in [2.05, 4.69) is 26.2 Å². The van der Waals surface area contributed by atoms with Gasteiger partial charge in [0.15, 0.2) is 5.16 Å². The van der Waals surface area contributed by atoms with Gasteiger partial charge in [0.25, 0.3) is 0 Å². The van der Waals surface area contributed by atoms with Crippen molar-refractivity contribution in [1.29, 1.82) is 0 Å². The minimum Gasteiger partial charge on any atom is -0.368 e. The van der Waals surface area contributed by atoms with Crippen molar-refractivity contribution in [3.05, 3.63) is 64.1 Å². The molecule has 1 amide bonds. The largest absolute Gasteiger partial charge is 0.368 e. The van der Waals surface area contributed by atoms with Crippen LogP contribution in [0.3, 0.4) is 0 Å². The molecule has 2 heterocycles. The van der Waals surface area contributed by atoms with Crippen LogP contribution in [0.25, 0.3) is 0 Å². The zero-order valence-electron chi connectivity index (χ0n) is 13.5. The standard InChI is InChI=1S/C18H18N4OS2/c19-17(23)16(12-5-2-1-3-6-12)25-18-21-20-15(22(18)13-8-9-13)11-14-7-4-10-24-14/h1-7,10,13,16H,8-9,11H2,(H2,19,23). The molecule has 0 bridgehead atoms. The van der Waals surface area contributed by atoms with E-state index in [1.165, 1.54) is 16.6 Å². The molecule has 0 radical (unpaired) electrons. The number of rotatable bonds is 7. The normalized spacial score (nSPS) is 15.2. The Labute approximate surface area is 154 Å². The number of hydrogen-bond donors (Lipinski definition) is 1. The van der Waals surface area contributed by atoms with Gasteiger partial charge in [0, 0.05) is 17.3 Å². The quantitative estimate of drug-likeness (QED) is 0.645. The Morgan fingerprint density at radius 3 is 2.68 bits per heavy atom. The molecule has 1 fully saturated rings. The van der Waals surface area contributed by atoms with Crippen molar-refractivity contribution in [2.45, 2.75) is 35.7 Å². The fraction of sp³-hybridized carbons (Fsp3) is 0.278. The van der Waals surface area contributed by atoms with Crippen LogP contribution in [-0.2, 0) is 11.2 Å². The zero-order valence-corrected chi connectivity index (χ0v) is 15.2. The lowest BCUT2D eigenvalue weighted by Gasteiger charge is -2.14. The molecule has 4 rings (SSSR count). The highest BCUT2D eigenvalue weighted by molar-refractivity contribution is 8.00. The summed E-state index contributed by atoms with van der Waals surface area (Å²) in [6, 6.07) is 14.2. The molecule has 0 aliphatic heterocycles. The fourth-order valence-corrected chi connectivity index (χ4v) is 4.58. The van der Waals surface area contributed by atoms with Gasteiger partial charge in [0.1, 0.15) is 11.1 Å². The summed E-state index contributed by atoms with van der Waals surface area (Å²) in [5.74, 6) is 0.602. The smallest absolute Gasteiger partial charge is 0.235 e. The van der Waals surface area contributed by atoms with Crippen molar-refractivity contribution in [1.82, 2.24) is 14.8 Å². The summed E-state index contributed by atoms with van der Waals surface area (Å²) in [4.78, 5) is 13.3. The Hall–Kier alpha value is -2.12. The van der Waals surface area contributed by atoms with Crippen LogP contribution in [0.1, 0.15) is 40.4 Å². The summed E-state index contributed by atoms with van der Waals surface area (Å²) in [6.45, 7) is 0. The van der Waals surface area contributed by atoms with E-state index in [9.17, 15) is 4.79 Å². The number of nitrogens with zero attached hydrogens (tertiary/aromatic N) is 3. The SMILES string of the molecule is NC(=O)C(Sc1nnc(Cc2cccs2)n1C1CC1)c1ccccc1. The molecule has 128 valence electrons. The third-order valence-corrected chi connectivity index (χ3v) is 6.25. The number of benzene rings is 1. The van der Waals surface area contributed by atoms with Crippen molar-refractivity contribution in [2.75, 3.05) is 0 Å². The maximum absolute atomic E-state index is 12.0. The number of primary amides is 1. The van der Waals surface area contributed by atoms with Crippen LogP contribution in [0.15, 0.2) is 53.0 Å². The highest BCUT2D eigenvalue weighted by atomic mass is 32.2. The van der Waals surface area contributed by atoms with E-state index >= 15 is 0 Å². The molecule has 1 atom stereocenters. The maximum Gasteiger partial charge on any atom is 0.235 e. The molecule has 0 spiro atoms. The monoisotopic (exact) mass is 370 g/mol. The first kappa shape index (κ1) is 16.4. The van der Waals surface area contributed by atoms with Crippen LogP contribution >= 0.6 is 23.1 Å². The molecular formula is C18H18N4OS2. The van der Waals surface area contributed by atoms with Crippen molar-refractivity contribution in [2.24, 2.45) is 5.73 Å². The molecule has 0 saturated heterocycles. The highest BCUT2D eigenvalue weighted by Crippen LogP contribution is 2.42. The van der Waals surface area contributed by atoms with E-state index in [4.69, 9.17) is 5.73 Å². The predicted molar refractivity (Wildman–Crippen MR) is 99.7 cm³/mol. The molecule has 1 aromatic carbocycles. The Kier molecular flexibility index (Phi) is 4.59. The molecule has 2 aromatic heterocycles. The van der Waals surface area contributed by atoms with Crippen molar-refractivity contribution < 1.29 is 4.79 Å². The Balaban J connectivity index is 1.63. The summed E-state index contributed by atoms with van der Waals surface area (Å²) < 4.78 is 2.20. The number of nitrogens with two attached hydrogens (primary N) is 1. The van der Waals surface area contributed by atoms with Gasteiger partial charge >= 0.3 is 0 Å². The average Bonchev–Trinajstić information content (AvgIpc) is 3.17. The number of carbonyl (C=O) groups is 1. The summed E-state index contributed by atoms with van der Waals surface area (Å²) >= 11 is 3.12. The van der Waals surface area contributed by atoms with E-state index in [0.717, 1.165) is 35.8 Å². The van der Waals surface area contributed by atoms with E-state index in [-0.39, 0.29) is 5.91 Å². The number of carbonyl (C=O) groups excluding carboxylic acids is 1. The first-order valence-corrected chi connectivity index (χ1v) is 9.95. The molecule has 1 unspecified atom stereocenters. The van der Waals surface area contributed by atoms with Gasteiger partial charge < -0.3 is 10.3 Å². The second kappa shape index (κ2) is 7.01. The fourth-order valence-electron chi connectivity index (χ4n) is 2.80. The van der Waals surface area contributed by atoms with Gasteiger partial charge in [-0.3, -0.25) is 4.79 Å². The van der Waals surface area contributed by atoms with Crippen LogP contribution in [-0.4, -0.2) is 20.7 Å². The molecule has 2 N–H and O–H groups in total. The number of hydrogen-bond acceptors (Lipinski definition) is 5. The molecule has 5 nitrogen and oxygen atoms in total. The lowest BCUT2D eigenvalue weighted by molar-refractivity contribution is -0.117. The molecule has 25 heavy (non-hydrogen) atoms. The van der Waals surface area contributed by atoms with Gasteiger partial charge in [0.2, 0.25) is 5.91 Å². The van der Waals surface area contributed by atoms with Gasteiger partial charge in [-0.25, -0.2) is 0 Å². The summed E-state index contributed by atoms with van der Waals surface area (Å²) in [5.41, 5.74) is 6.55. The van der Waals surface area contributed by atoms with E-state index in [1.54, 1.807) is 11.3 Å².